The number of rotatable bonds is 34. The first-order valence-electron chi connectivity index (χ1n) is 19.8. The molecule has 0 fully saturated rings. The van der Waals surface area contributed by atoms with Crippen LogP contribution in [0.2, 0.25) is 0 Å². The molecule has 0 aliphatic rings. The maximum atomic E-state index is 12.3. The predicted molar refractivity (Wildman–Crippen MR) is 211 cm³/mol. The Labute approximate surface area is 297 Å². The maximum Gasteiger partial charge on any atom is 0.220 e. The molecule has 1 amide bonds. The number of allylic oxidation sites excluding steroid dienone is 13. The fourth-order valence-electron chi connectivity index (χ4n) is 5.34. The van der Waals surface area contributed by atoms with Crippen LogP contribution in [-0.4, -0.2) is 34.9 Å². The van der Waals surface area contributed by atoms with Gasteiger partial charge in [0.2, 0.25) is 5.91 Å². The molecule has 4 heteroatoms. The fourth-order valence-corrected chi connectivity index (χ4v) is 5.34. The lowest BCUT2D eigenvalue weighted by molar-refractivity contribution is -0.122. The van der Waals surface area contributed by atoms with Gasteiger partial charge in [0.1, 0.15) is 0 Å². The van der Waals surface area contributed by atoms with Gasteiger partial charge in [-0.15, -0.1) is 0 Å². The van der Waals surface area contributed by atoms with E-state index in [1.165, 1.54) is 83.5 Å². The zero-order chi connectivity index (χ0) is 35.0. The van der Waals surface area contributed by atoms with Crippen molar-refractivity contribution in [2.24, 2.45) is 0 Å². The average Bonchev–Trinajstić information content (AvgIpc) is 3.09. The molecule has 0 rings (SSSR count). The number of hydrogen-bond donors (Lipinski definition) is 3. The molecule has 0 bridgehead atoms. The quantitative estimate of drug-likeness (QED) is 0.0473. The molecule has 2 unspecified atom stereocenters. The summed E-state index contributed by atoms with van der Waals surface area (Å²) in [5.74, 6) is -0.134. The van der Waals surface area contributed by atoms with Gasteiger partial charge < -0.3 is 15.5 Å². The van der Waals surface area contributed by atoms with Crippen LogP contribution < -0.4 is 5.32 Å². The van der Waals surface area contributed by atoms with Crippen LogP contribution >= 0.6 is 0 Å². The predicted octanol–water partition coefficient (Wildman–Crippen LogP) is 12.1. The Hall–Kier alpha value is -2.43. The average molecular weight is 666 g/mol. The van der Waals surface area contributed by atoms with E-state index in [-0.39, 0.29) is 12.5 Å². The van der Waals surface area contributed by atoms with E-state index in [0.29, 0.717) is 6.42 Å². The molecule has 4 nitrogen and oxygen atoms in total. The third kappa shape index (κ3) is 34.9. The topological polar surface area (TPSA) is 69.6 Å². The van der Waals surface area contributed by atoms with Gasteiger partial charge in [-0.25, -0.2) is 0 Å². The van der Waals surface area contributed by atoms with Crippen molar-refractivity contribution in [3.05, 3.63) is 85.1 Å². The SMILES string of the molecule is CC/C=C\C/C=C\C/C=C\C/C=C\C/C=C\CCCC(=O)NC(CO)C(O)/C=C/CC/C=C/CCCCCCCCCCCCCCC. The summed E-state index contributed by atoms with van der Waals surface area (Å²) in [6.45, 7) is 4.14. The second-order valence-electron chi connectivity index (χ2n) is 13.0. The summed E-state index contributed by atoms with van der Waals surface area (Å²) < 4.78 is 0. The number of amides is 1. The van der Waals surface area contributed by atoms with Crippen molar-refractivity contribution in [3.8, 4) is 0 Å². The maximum absolute atomic E-state index is 12.3. The highest BCUT2D eigenvalue weighted by Gasteiger charge is 2.17. The van der Waals surface area contributed by atoms with Crippen molar-refractivity contribution in [1.29, 1.82) is 0 Å². The molecular formula is C44H75NO3. The van der Waals surface area contributed by atoms with Crippen LogP contribution in [0.25, 0.3) is 0 Å². The van der Waals surface area contributed by atoms with Crippen molar-refractivity contribution < 1.29 is 15.0 Å². The Kier molecular flexibility index (Phi) is 37.0. The van der Waals surface area contributed by atoms with Crippen LogP contribution in [0.5, 0.6) is 0 Å². The van der Waals surface area contributed by atoms with E-state index in [2.05, 4.69) is 92.1 Å². The van der Waals surface area contributed by atoms with Gasteiger partial charge in [0, 0.05) is 6.42 Å². The normalized spacial score (nSPS) is 14.0. The minimum atomic E-state index is -0.889. The van der Waals surface area contributed by atoms with Gasteiger partial charge >= 0.3 is 0 Å². The smallest absolute Gasteiger partial charge is 0.220 e. The Bertz CT molecular complexity index is 895. The first-order chi connectivity index (χ1) is 23.7. The zero-order valence-electron chi connectivity index (χ0n) is 31.2. The Balaban J connectivity index is 3.78. The van der Waals surface area contributed by atoms with E-state index < -0.39 is 12.1 Å². The van der Waals surface area contributed by atoms with Crippen molar-refractivity contribution in [3.63, 3.8) is 0 Å². The molecule has 0 saturated carbocycles. The van der Waals surface area contributed by atoms with Gasteiger partial charge in [0.05, 0.1) is 18.8 Å². The summed E-state index contributed by atoms with van der Waals surface area (Å²) >= 11 is 0. The van der Waals surface area contributed by atoms with Crippen LogP contribution in [0.1, 0.15) is 168 Å². The lowest BCUT2D eigenvalue weighted by Crippen LogP contribution is -2.45. The van der Waals surface area contributed by atoms with E-state index in [0.717, 1.165) is 64.2 Å². The van der Waals surface area contributed by atoms with Crippen LogP contribution in [0.4, 0.5) is 0 Å². The molecule has 0 aliphatic carbocycles. The van der Waals surface area contributed by atoms with Gasteiger partial charge in [0.15, 0.2) is 0 Å². The summed E-state index contributed by atoms with van der Waals surface area (Å²) in [5, 5.41) is 22.9. The minimum Gasteiger partial charge on any atom is -0.394 e. The van der Waals surface area contributed by atoms with Gasteiger partial charge in [0.25, 0.3) is 0 Å². The van der Waals surface area contributed by atoms with Gasteiger partial charge in [-0.1, -0.05) is 176 Å². The van der Waals surface area contributed by atoms with Crippen LogP contribution in [0.3, 0.4) is 0 Å². The number of aliphatic hydroxyl groups is 2. The molecule has 48 heavy (non-hydrogen) atoms. The highest BCUT2D eigenvalue weighted by molar-refractivity contribution is 5.76. The molecule has 274 valence electrons. The van der Waals surface area contributed by atoms with E-state index in [1.807, 2.05) is 6.08 Å². The molecule has 0 aromatic heterocycles. The van der Waals surface area contributed by atoms with Gasteiger partial charge in [-0.3, -0.25) is 4.79 Å². The number of hydrogen-bond acceptors (Lipinski definition) is 3. The number of carbonyl (C=O) groups excluding carboxylic acids is 1. The highest BCUT2D eigenvalue weighted by atomic mass is 16.3. The second-order valence-corrected chi connectivity index (χ2v) is 13.0. The van der Waals surface area contributed by atoms with Crippen molar-refractivity contribution in [2.75, 3.05) is 6.61 Å². The highest BCUT2D eigenvalue weighted by Crippen LogP contribution is 2.13. The minimum absolute atomic E-state index is 0.134. The molecule has 2 atom stereocenters. The van der Waals surface area contributed by atoms with Gasteiger partial charge in [-0.2, -0.15) is 0 Å². The third-order valence-electron chi connectivity index (χ3n) is 8.36. The Morgan fingerprint density at radius 1 is 0.521 bits per heavy atom. The number of unbranched alkanes of at least 4 members (excludes halogenated alkanes) is 15. The standard InChI is InChI=1S/C44H75NO3/c1-3-5-7-9-11-13-15-17-19-21-22-24-25-27-29-31-33-35-37-39-43(47)42(41-46)45-44(48)40-38-36-34-32-30-28-26-23-20-18-16-14-12-10-8-6-4-2/h6,8,12,14,18,20,26,28-29,31-32,34,37,39,42-43,46-47H,3-5,7,9-11,13,15-17,19,21-25,27,30,33,35-36,38,40-41H2,1-2H3,(H,45,48)/b8-6-,14-12-,20-18-,28-26-,31-29+,34-32-,39-37+. The second kappa shape index (κ2) is 39.0. The molecule has 0 heterocycles. The molecule has 0 spiro atoms. The first kappa shape index (κ1) is 45.6. The Morgan fingerprint density at radius 3 is 1.46 bits per heavy atom. The number of nitrogens with one attached hydrogen (secondary N) is 1. The summed E-state index contributed by atoms with van der Waals surface area (Å²) in [5.41, 5.74) is 0. The molecule has 0 radical (unpaired) electrons. The summed E-state index contributed by atoms with van der Waals surface area (Å²) in [7, 11) is 0. The van der Waals surface area contributed by atoms with Crippen LogP contribution in [0.15, 0.2) is 85.1 Å². The fraction of sp³-hybridized carbons (Fsp3) is 0.659. The molecule has 0 aliphatic heterocycles. The largest absolute Gasteiger partial charge is 0.394 e. The van der Waals surface area contributed by atoms with E-state index in [9.17, 15) is 15.0 Å². The van der Waals surface area contributed by atoms with Crippen molar-refractivity contribution in [1.82, 2.24) is 5.32 Å². The third-order valence-corrected chi connectivity index (χ3v) is 8.36. The van der Waals surface area contributed by atoms with E-state index in [1.54, 1.807) is 6.08 Å². The molecule has 0 aromatic carbocycles. The molecular weight excluding hydrogens is 590 g/mol. The summed E-state index contributed by atoms with van der Waals surface area (Å²) in [6.07, 6.45) is 56.8. The zero-order valence-corrected chi connectivity index (χ0v) is 31.2. The van der Waals surface area contributed by atoms with E-state index >= 15 is 0 Å². The first-order valence-corrected chi connectivity index (χ1v) is 19.8. The van der Waals surface area contributed by atoms with Crippen molar-refractivity contribution >= 4 is 5.91 Å². The summed E-state index contributed by atoms with van der Waals surface area (Å²) in [4.78, 5) is 12.3. The van der Waals surface area contributed by atoms with Crippen molar-refractivity contribution in [2.45, 2.75) is 180 Å². The number of carbonyl (C=O) groups is 1. The number of aliphatic hydroxyl groups excluding tert-OH is 2. The van der Waals surface area contributed by atoms with E-state index in [4.69, 9.17) is 0 Å². The van der Waals surface area contributed by atoms with Crippen LogP contribution in [-0.2, 0) is 4.79 Å². The Morgan fingerprint density at radius 2 is 0.938 bits per heavy atom. The molecule has 0 aromatic rings. The van der Waals surface area contributed by atoms with Crippen LogP contribution in [0, 0.1) is 0 Å². The lowest BCUT2D eigenvalue weighted by Gasteiger charge is -2.19. The lowest BCUT2D eigenvalue weighted by atomic mass is 10.0. The molecule has 0 saturated heterocycles. The molecule has 3 N–H and O–H groups in total. The summed E-state index contributed by atoms with van der Waals surface area (Å²) in [6, 6.07) is -0.673. The monoisotopic (exact) mass is 666 g/mol. The van der Waals surface area contributed by atoms with Gasteiger partial charge in [-0.05, 0) is 70.6 Å².